The molecule has 37 heavy (non-hydrogen) atoms. The van der Waals surface area contributed by atoms with Crippen molar-refractivity contribution in [2.45, 2.75) is 45.7 Å². The van der Waals surface area contributed by atoms with Gasteiger partial charge in [-0.05, 0) is 49.6 Å². The number of likely N-dealkylation sites (N-methyl/N-ethyl adjacent to an activating group) is 1. The molecule has 0 spiro atoms. The van der Waals surface area contributed by atoms with Gasteiger partial charge in [-0.15, -0.1) is 0 Å². The zero-order valence-electron chi connectivity index (χ0n) is 21.4. The molecule has 1 atom stereocenters. The van der Waals surface area contributed by atoms with Crippen LogP contribution in [-0.2, 0) is 26.2 Å². The summed E-state index contributed by atoms with van der Waals surface area (Å²) in [5, 5.41) is 3.38. The number of ether oxygens (including phenoxy) is 2. The van der Waals surface area contributed by atoms with E-state index in [0.29, 0.717) is 48.4 Å². The van der Waals surface area contributed by atoms with Gasteiger partial charge in [-0.3, -0.25) is 13.9 Å². The lowest BCUT2D eigenvalue weighted by Crippen LogP contribution is -2.49. The second-order valence-electron chi connectivity index (χ2n) is 8.73. The molecule has 1 heterocycles. The fourth-order valence-corrected chi connectivity index (χ4v) is 5.27. The van der Waals surface area contributed by atoms with Crippen LogP contribution in [0, 0.1) is 0 Å². The van der Waals surface area contributed by atoms with Gasteiger partial charge in [0.05, 0.1) is 11.9 Å². The van der Waals surface area contributed by atoms with Gasteiger partial charge in [0.2, 0.25) is 21.8 Å². The highest BCUT2D eigenvalue weighted by Gasteiger charge is 2.29. The van der Waals surface area contributed by atoms with E-state index in [2.05, 4.69) is 5.32 Å². The summed E-state index contributed by atoms with van der Waals surface area (Å²) >= 11 is 6.00. The second kappa shape index (κ2) is 13.0. The SMILES string of the molecule is CCNC(=O)[C@H](CC)N(Cc1ccc(Cl)cc1)C(=O)CCCN(c1ccc2c(c1)OCCO2)S(C)(=O)=O. The van der Waals surface area contributed by atoms with Crippen LogP contribution < -0.4 is 19.1 Å². The van der Waals surface area contributed by atoms with Crippen molar-refractivity contribution in [2.75, 3.05) is 36.9 Å². The number of carbonyl (C=O) groups is 2. The van der Waals surface area contributed by atoms with Gasteiger partial charge in [0, 0.05) is 37.1 Å². The van der Waals surface area contributed by atoms with Crippen LogP contribution in [0.1, 0.15) is 38.7 Å². The Bertz CT molecular complexity index is 1190. The molecular weight excluding hydrogens is 518 g/mol. The highest BCUT2D eigenvalue weighted by atomic mass is 35.5. The highest BCUT2D eigenvalue weighted by Crippen LogP contribution is 2.34. The van der Waals surface area contributed by atoms with E-state index >= 15 is 0 Å². The predicted octanol–water partition coefficient (Wildman–Crippen LogP) is 3.60. The van der Waals surface area contributed by atoms with Gasteiger partial charge < -0.3 is 19.7 Å². The van der Waals surface area contributed by atoms with Crippen LogP contribution in [0.4, 0.5) is 5.69 Å². The summed E-state index contributed by atoms with van der Waals surface area (Å²) in [7, 11) is -3.62. The van der Waals surface area contributed by atoms with E-state index in [-0.39, 0.29) is 37.7 Å². The number of fused-ring (bicyclic) bond motifs is 1. The number of nitrogens with one attached hydrogen (secondary N) is 1. The lowest BCUT2D eigenvalue weighted by Gasteiger charge is -2.31. The van der Waals surface area contributed by atoms with Crippen molar-refractivity contribution < 1.29 is 27.5 Å². The molecule has 1 aliphatic heterocycles. The lowest BCUT2D eigenvalue weighted by atomic mass is 10.1. The molecule has 2 aromatic rings. The molecule has 0 unspecified atom stereocenters. The first-order valence-electron chi connectivity index (χ1n) is 12.3. The van der Waals surface area contributed by atoms with Crippen molar-refractivity contribution >= 4 is 39.1 Å². The summed E-state index contributed by atoms with van der Waals surface area (Å²) < 4.78 is 37.5. The average molecular weight is 552 g/mol. The minimum absolute atomic E-state index is 0.0695. The molecule has 1 N–H and O–H groups in total. The third-order valence-electron chi connectivity index (χ3n) is 5.97. The van der Waals surface area contributed by atoms with Crippen LogP contribution in [-0.4, -0.2) is 63.7 Å². The van der Waals surface area contributed by atoms with Crippen molar-refractivity contribution in [1.82, 2.24) is 10.2 Å². The molecular formula is C26H34ClN3O6S. The number of amides is 2. The Balaban J connectivity index is 1.75. The van der Waals surface area contributed by atoms with Crippen LogP contribution in [0.3, 0.4) is 0 Å². The van der Waals surface area contributed by atoms with Gasteiger partial charge in [-0.2, -0.15) is 0 Å². The Hall–Kier alpha value is -2.98. The molecule has 202 valence electrons. The number of hydrogen-bond acceptors (Lipinski definition) is 6. The maximum Gasteiger partial charge on any atom is 0.242 e. The maximum absolute atomic E-state index is 13.4. The molecule has 0 aliphatic carbocycles. The van der Waals surface area contributed by atoms with Crippen molar-refractivity contribution in [3.8, 4) is 11.5 Å². The summed E-state index contributed by atoms with van der Waals surface area (Å²) in [6.45, 7) is 5.30. The third-order valence-corrected chi connectivity index (χ3v) is 7.42. The zero-order valence-corrected chi connectivity index (χ0v) is 23.0. The zero-order chi connectivity index (χ0) is 27.0. The molecule has 0 bridgehead atoms. The van der Waals surface area contributed by atoms with E-state index in [0.717, 1.165) is 11.8 Å². The molecule has 9 nitrogen and oxygen atoms in total. The monoisotopic (exact) mass is 551 g/mol. The first kappa shape index (κ1) is 28.6. The largest absolute Gasteiger partial charge is 0.486 e. The van der Waals surface area contributed by atoms with E-state index in [1.54, 1.807) is 35.2 Å². The first-order chi connectivity index (χ1) is 17.6. The van der Waals surface area contributed by atoms with Crippen molar-refractivity contribution in [1.29, 1.82) is 0 Å². The maximum atomic E-state index is 13.4. The Morgan fingerprint density at radius 1 is 1.05 bits per heavy atom. The molecule has 1 aliphatic rings. The van der Waals surface area contributed by atoms with Gasteiger partial charge in [-0.25, -0.2) is 8.42 Å². The fraction of sp³-hybridized carbons (Fsp3) is 0.462. The van der Waals surface area contributed by atoms with Gasteiger partial charge in [0.1, 0.15) is 19.3 Å². The number of hydrogen-bond donors (Lipinski definition) is 1. The summed E-state index contributed by atoms with van der Waals surface area (Å²) in [6, 6.07) is 11.4. The molecule has 2 aromatic carbocycles. The van der Waals surface area contributed by atoms with Gasteiger partial charge in [0.25, 0.3) is 0 Å². The highest BCUT2D eigenvalue weighted by molar-refractivity contribution is 7.92. The van der Waals surface area contributed by atoms with Crippen LogP contribution in [0.25, 0.3) is 0 Å². The number of nitrogens with zero attached hydrogens (tertiary/aromatic N) is 2. The number of sulfonamides is 1. The van der Waals surface area contributed by atoms with E-state index < -0.39 is 16.1 Å². The summed E-state index contributed by atoms with van der Waals surface area (Å²) in [6.07, 6.45) is 1.90. The van der Waals surface area contributed by atoms with E-state index in [9.17, 15) is 18.0 Å². The first-order valence-corrected chi connectivity index (χ1v) is 14.6. The Morgan fingerprint density at radius 3 is 2.35 bits per heavy atom. The van der Waals surface area contributed by atoms with E-state index in [4.69, 9.17) is 21.1 Å². The van der Waals surface area contributed by atoms with Crippen molar-refractivity contribution in [3.05, 3.63) is 53.1 Å². The van der Waals surface area contributed by atoms with Gasteiger partial charge in [-0.1, -0.05) is 30.7 Å². The number of carbonyl (C=O) groups excluding carboxylic acids is 2. The molecule has 0 fully saturated rings. The number of halogens is 1. The van der Waals surface area contributed by atoms with Crippen LogP contribution in [0.5, 0.6) is 11.5 Å². The summed E-state index contributed by atoms with van der Waals surface area (Å²) in [5.74, 6) is 0.591. The normalized spacial score (nSPS) is 13.5. The van der Waals surface area contributed by atoms with Crippen molar-refractivity contribution in [3.63, 3.8) is 0 Å². The predicted molar refractivity (Wildman–Crippen MR) is 144 cm³/mol. The topological polar surface area (TPSA) is 105 Å². The van der Waals surface area contributed by atoms with Crippen LogP contribution >= 0.6 is 11.6 Å². The second-order valence-corrected chi connectivity index (χ2v) is 11.1. The van der Waals surface area contributed by atoms with E-state index in [1.807, 2.05) is 26.0 Å². The van der Waals surface area contributed by atoms with Crippen molar-refractivity contribution in [2.24, 2.45) is 0 Å². The average Bonchev–Trinajstić information content (AvgIpc) is 2.86. The molecule has 0 saturated carbocycles. The Kier molecular flexibility index (Phi) is 10.0. The fourth-order valence-electron chi connectivity index (χ4n) is 4.19. The van der Waals surface area contributed by atoms with Crippen LogP contribution in [0.15, 0.2) is 42.5 Å². The summed E-state index contributed by atoms with van der Waals surface area (Å²) in [5.41, 5.74) is 1.28. The Morgan fingerprint density at radius 2 is 1.73 bits per heavy atom. The van der Waals surface area contributed by atoms with Gasteiger partial charge in [0.15, 0.2) is 11.5 Å². The smallest absolute Gasteiger partial charge is 0.242 e. The third kappa shape index (κ3) is 7.75. The van der Waals surface area contributed by atoms with E-state index in [1.165, 1.54) is 4.31 Å². The number of anilines is 1. The summed E-state index contributed by atoms with van der Waals surface area (Å²) in [4.78, 5) is 27.7. The number of benzene rings is 2. The minimum atomic E-state index is -3.62. The standard InChI is InChI=1S/C26H34ClN3O6S/c1-4-22(26(32)28-5-2)29(18-19-8-10-20(27)11-9-19)25(31)7-6-14-30(37(3,33)34)21-12-13-23-24(17-21)36-16-15-35-23/h8-13,17,22H,4-7,14-16,18H2,1-3H3,(H,28,32)/t22-/m0/s1. The Labute approximate surface area is 223 Å². The molecule has 2 amide bonds. The van der Waals surface area contributed by atoms with Crippen LogP contribution in [0.2, 0.25) is 5.02 Å². The molecule has 0 saturated heterocycles. The quantitative estimate of drug-likeness (QED) is 0.432. The lowest BCUT2D eigenvalue weighted by molar-refractivity contribution is -0.141. The minimum Gasteiger partial charge on any atom is -0.486 e. The molecule has 0 aromatic heterocycles. The molecule has 0 radical (unpaired) electrons. The number of rotatable bonds is 12. The van der Waals surface area contributed by atoms with Gasteiger partial charge >= 0.3 is 0 Å². The molecule has 11 heteroatoms. The molecule has 3 rings (SSSR count).